The van der Waals surface area contributed by atoms with Crippen LogP contribution in [0.3, 0.4) is 0 Å². The number of hydrogen-bond donors (Lipinski definition) is 1. The van der Waals surface area contributed by atoms with Gasteiger partial charge < -0.3 is 5.73 Å². The van der Waals surface area contributed by atoms with Gasteiger partial charge in [0, 0.05) is 6.54 Å². The molecule has 0 bridgehead atoms. The molecular formula is C14H19N. The van der Waals surface area contributed by atoms with Crippen LogP contribution in [0.25, 0.3) is 0 Å². The van der Waals surface area contributed by atoms with Crippen LogP contribution < -0.4 is 5.73 Å². The largest absolute Gasteiger partial charge is 0.327 e. The molecule has 1 aliphatic carbocycles. The zero-order valence-corrected chi connectivity index (χ0v) is 9.37. The molecule has 80 valence electrons. The Labute approximate surface area is 92.4 Å². The van der Waals surface area contributed by atoms with E-state index < -0.39 is 0 Å². The molecule has 0 heterocycles. The fourth-order valence-electron chi connectivity index (χ4n) is 1.55. The summed E-state index contributed by atoms with van der Waals surface area (Å²) in [5.74, 6) is 0. The summed E-state index contributed by atoms with van der Waals surface area (Å²) >= 11 is 0. The Morgan fingerprint density at radius 3 is 2.80 bits per heavy atom. The first-order valence-electron chi connectivity index (χ1n) is 5.38. The third-order valence-electron chi connectivity index (χ3n) is 2.50. The van der Waals surface area contributed by atoms with Crippen molar-refractivity contribution in [2.45, 2.75) is 19.8 Å². The van der Waals surface area contributed by atoms with Crippen molar-refractivity contribution < 1.29 is 0 Å². The van der Waals surface area contributed by atoms with E-state index in [1.54, 1.807) is 0 Å². The van der Waals surface area contributed by atoms with Crippen LogP contribution in [-0.2, 0) is 0 Å². The maximum Gasteiger partial charge on any atom is 0.0175 e. The standard InChI is InChI=1S/C14H19N/c1-3-12(11-15)10-13(4-2)14-8-6-5-7-9-14/h3-4,6,8-10H,2,5,7,11,15H2,1H3/b12-3+,13-10+. The molecule has 2 N–H and O–H groups in total. The normalized spacial score (nSPS) is 17.6. The Kier molecular flexibility index (Phi) is 4.85. The summed E-state index contributed by atoms with van der Waals surface area (Å²) in [6.45, 7) is 6.43. The Morgan fingerprint density at radius 2 is 2.33 bits per heavy atom. The molecule has 0 atom stereocenters. The van der Waals surface area contributed by atoms with Crippen LogP contribution in [0.15, 0.2) is 59.8 Å². The van der Waals surface area contributed by atoms with E-state index in [-0.39, 0.29) is 0 Å². The van der Waals surface area contributed by atoms with Crippen LogP contribution in [0.5, 0.6) is 0 Å². The lowest BCUT2D eigenvalue weighted by molar-refractivity contribution is 1.02. The van der Waals surface area contributed by atoms with Crippen molar-refractivity contribution in [3.63, 3.8) is 0 Å². The minimum atomic E-state index is 0.574. The highest BCUT2D eigenvalue weighted by atomic mass is 14.5. The summed E-state index contributed by atoms with van der Waals surface area (Å²) in [5, 5.41) is 0. The van der Waals surface area contributed by atoms with E-state index in [1.807, 2.05) is 19.1 Å². The van der Waals surface area contributed by atoms with Gasteiger partial charge >= 0.3 is 0 Å². The molecule has 0 saturated heterocycles. The van der Waals surface area contributed by atoms with E-state index in [4.69, 9.17) is 5.73 Å². The first-order valence-corrected chi connectivity index (χ1v) is 5.38. The molecule has 0 fully saturated rings. The van der Waals surface area contributed by atoms with Crippen molar-refractivity contribution in [3.8, 4) is 0 Å². The quantitative estimate of drug-likeness (QED) is 0.694. The Bertz CT molecular complexity index is 340. The van der Waals surface area contributed by atoms with Crippen molar-refractivity contribution in [2.75, 3.05) is 6.54 Å². The van der Waals surface area contributed by atoms with Crippen LogP contribution in [-0.4, -0.2) is 6.54 Å². The van der Waals surface area contributed by atoms with Gasteiger partial charge in [-0.1, -0.05) is 43.0 Å². The molecule has 0 saturated carbocycles. The Hall–Kier alpha value is -1.34. The van der Waals surface area contributed by atoms with Gasteiger partial charge in [0.15, 0.2) is 0 Å². The number of rotatable bonds is 4. The third-order valence-corrected chi connectivity index (χ3v) is 2.50. The van der Waals surface area contributed by atoms with E-state index in [0.29, 0.717) is 6.54 Å². The summed E-state index contributed by atoms with van der Waals surface area (Å²) in [7, 11) is 0. The molecular weight excluding hydrogens is 182 g/mol. The summed E-state index contributed by atoms with van der Waals surface area (Å²) in [6.07, 6.45) is 14.9. The number of allylic oxidation sites excluding steroid dienone is 7. The molecule has 0 amide bonds. The molecule has 1 aliphatic rings. The predicted octanol–water partition coefficient (Wildman–Crippen LogP) is 3.28. The lowest BCUT2D eigenvalue weighted by Crippen LogP contribution is -2.01. The number of nitrogens with two attached hydrogens (primary N) is 1. The van der Waals surface area contributed by atoms with Crippen molar-refractivity contribution >= 4 is 0 Å². The van der Waals surface area contributed by atoms with E-state index in [1.165, 1.54) is 5.57 Å². The highest BCUT2D eigenvalue weighted by molar-refractivity contribution is 5.50. The predicted molar refractivity (Wildman–Crippen MR) is 67.5 cm³/mol. The number of hydrogen-bond acceptors (Lipinski definition) is 1. The second-order valence-corrected chi connectivity index (χ2v) is 3.51. The topological polar surface area (TPSA) is 26.0 Å². The molecule has 1 heteroatoms. The van der Waals surface area contributed by atoms with Crippen molar-refractivity contribution in [3.05, 3.63) is 59.8 Å². The average Bonchev–Trinajstić information content (AvgIpc) is 2.32. The molecule has 0 spiro atoms. The van der Waals surface area contributed by atoms with Crippen LogP contribution in [0, 0.1) is 0 Å². The van der Waals surface area contributed by atoms with Crippen LogP contribution in [0.2, 0.25) is 0 Å². The second-order valence-electron chi connectivity index (χ2n) is 3.51. The van der Waals surface area contributed by atoms with Crippen LogP contribution >= 0.6 is 0 Å². The maximum absolute atomic E-state index is 5.63. The first-order chi connectivity index (χ1) is 7.31. The van der Waals surface area contributed by atoms with Gasteiger partial charge in [-0.05, 0) is 36.5 Å². The molecule has 1 rings (SSSR count). The highest BCUT2D eigenvalue weighted by Crippen LogP contribution is 2.20. The van der Waals surface area contributed by atoms with Gasteiger partial charge in [-0.3, -0.25) is 0 Å². The molecule has 15 heavy (non-hydrogen) atoms. The summed E-state index contributed by atoms with van der Waals surface area (Å²) in [6, 6.07) is 0. The zero-order chi connectivity index (χ0) is 11.1. The smallest absolute Gasteiger partial charge is 0.0175 e. The maximum atomic E-state index is 5.63. The van der Waals surface area contributed by atoms with Crippen molar-refractivity contribution in [1.82, 2.24) is 0 Å². The van der Waals surface area contributed by atoms with Crippen LogP contribution in [0.4, 0.5) is 0 Å². The van der Waals surface area contributed by atoms with Crippen LogP contribution in [0.1, 0.15) is 19.8 Å². The fraction of sp³-hybridized carbons (Fsp3) is 0.286. The van der Waals surface area contributed by atoms with Gasteiger partial charge in [-0.25, -0.2) is 0 Å². The van der Waals surface area contributed by atoms with Crippen molar-refractivity contribution in [1.29, 1.82) is 0 Å². The van der Waals surface area contributed by atoms with Gasteiger partial charge in [0.05, 0.1) is 0 Å². The Balaban J connectivity index is 2.92. The summed E-state index contributed by atoms with van der Waals surface area (Å²) in [5.41, 5.74) is 9.19. The lowest BCUT2D eigenvalue weighted by atomic mass is 9.97. The SMILES string of the molecule is C=C/C(=C\C(=C/C)CN)C1=CCCC=C1. The molecule has 0 aromatic carbocycles. The van der Waals surface area contributed by atoms with Crippen molar-refractivity contribution in [2.24, 2.45) is 5.73 Å². The van der Waals surface area contributed by atoms with E-state index in [9.17, 15) is 0 Å². The van der Waals surface area contributed by atoms with E-state index in [2.05, 4.69) is 30.9 Å². The van der Waals surface area contributed by atoms with E-state index in [0.717, 1.165) is 24.0 Å². The third kappa shape index (κ3) is 3.37. The van der Waals surface area contributed by atoms with Gasteiger partial charge in [-0.2, -0.15) is 0 Å². The Morgan fingerprint density at radius 1 is 1.53 bits per heavy atom. The van der Waals surface area contributed by atoms with Gasteiger partial charge in [0.1, 0.15) is 0 Å². The molecule has 0 aromatic rings. The summed E-state index contributed by atoms with van der Waals surface area (Å²) in [4.78, 5) is 0. The monoisotopic (exact) mass is 201 g/mol. The molecule has 1 nitrogen and oxygen atoms in total. The fourth-order valence-corrected chi connectivity index (χ4v) is 1.55. The molecule has 0 aromatic heterocycles. The minimum Gasteiger partial charge on any atom is -0.327 e. The second kappa shape index (κ2) is 6.20. The molecule has 0 unspecified atom stereocenters. The van der Waals surface area contributed by atoms with E-state index >= 15 is 0 Å². The minimum absolute atomic E-state index is 0.574. The average molecular weight is 201 g/mol. The lowest BCUT2D eigenvalue weighted by Gasteiger charge is -2.08. The highest BCUT2D eigenvalue weighted by Gasteiger charge is 2.01. The zero-order valence-electron chi connectivity index (χ0n) is 9.37. The molecule has 0 aliphatic heterocycles. The van der Waals surface area contributed by atoms with Gasteiger partial charge in [-0.15, -0.1) is 0 Å². The van der Waals surface area contributed by atoms with Gasteiger partial charge in [0.2, 0.25) is 0 Å². The first kappa shape index (κ1) is 11.7. The molecule has 0 radical (unpaired) electrons. The van der Waals surface area contributed by atoms with Gasteiger partial charge in [0.25, 0.3) is 0 Å². The summed E-state index contributed by atoms with van der Waals surface area (Å²) < 4.78 is 0.